The molecule has 0 aromatic heterocycles. The minimum absolute atomic E-state index is 0.0566. The molecule has 3 aromatic carbocycles. The molecule has 0 aliphatic heterocycles. The van der Waals surface area contributed by atoms with Crippen molar-refractivity contribution < 1.29 is 17.9 Å². The molecule has 32 heavy (non-hydrogen) atoms. The lowest BCUT2D eigenvalue weighted by Crippen LogP contribution is -2.32. The largest absolute Gasteiger partial charge is 0.495 e. The number of hydrogen-bond donors (Lipinski definition) is 1. The third-order valence-electron chi connectivity index (χ3n) is 4.81. The van der Waals surface area contributed by atoms with E-state index in [1.807, 2.05) is 60.7 Å². The van der Waals surface area contributed by atoms with E-state index in [2.05, 4.69) is 4.72 Å². The van der Waals surface area contributed by atoms with Crippen LogP contribution in [0.4, 0.5) is 0 Å². The van der Waals surface area contributed by atoms with Crippen molar-refractivity contribution in [1.29, 1.82) is 0 Å². The van der Waals surface area contributed by atoms with Crippen molar-refractivity contribution in [2.75, 3.05) is 7.11 Å². The first kappa shape index (κ1) is 23.5. The number of nitrogens with one attached hydrogen (secondary N) is 1. The Kier molecular flexibility index (Phi) is 7.66. The molecule has 0 saturated carbocycles. The molecule has 7 heteroatoms. The summed E-state index contributed by atoms with van der Waals surface area (Å²) < 4.78 is 33.5. The molecule has 0 spiro atoms. The van der Waals surface area contributed by atoms with Crippen LogP contribution in [0.5, 0.6) is 5.75 Å². The van der Waals surface area contributed by atoms with Crippen LogP contribution in [0.3, 0.4) is 0 Å². The van der Waals surface area contributed by atoms with Gasteiger partial charge in [0.05, 0.1) is 7.11 Å². The van der Waals surface area contributed by atoms with Crippen molar-refractivity contribution in [2.24, 2.45) is 0 Å². The predicted molar refractivity (Wildman–Crippen MR) is 125 cm³/mol. The number of amides is 1. The van der Waals surface area contributed by atoms with E-state index < -0.39 is 10.0 Å². The molecule has 1 N–H and O–H groups in total. The zero-order chi connectivity index (χ0) is 23.1. The number of hydrogen-bond acceptors (Lipinski definition) is 4. The Morgan fingerprint density at radius 2 is 1.44 bits per heavy atom. The highest BCUT2D eigenvalue weighted by Gasteiger charge is 2.24. The predicted octanol–water partition coefficient (Wildman–Crippen LogP) is 4.22. The van der Waals surface area contributed by atoms with Crippen LogP contribution in [-0.2, 0) is 23.1 Å². The van der Waals surface area contributed by atoms with Gasteiger partial charge in [0.15, 0.2) is 0 Å². The first-order valence-corrected chi connectivity index (χ1v) is 11.9. The van der Waals surface area contributed by atoms with Gasteiger partial charge in [-0.05, 0) is 43.2 Å². The molecule has 1 amide bonds. The summed E-state index contributed by atoms with van der Waals surface area (Å²) in [5, 5.41) is 0. The van der Waals surface area contributed by atoms with Crippen molar-refractivity contribution in [3.63, 3.8) is 0 Å². The molecule has 0 radical (unpaired) electrons. The molecule has 0 aliphatic carbocycles. The summed E-state index contributed by atoms with van der Waals surface area (Å²) in [6.45, 7) is 4.26. The van der Waals surface area contributed by atoms with E-state index in [1.165, 1.54) is 19.2 Å². The van der Waals surface area contributed by atoms with Crippen molar-refractivity contribution >= 4 is 15.9 Å². The summed E-state index contributed by atoms with van der Waals surface area (Å²) in [5.41, 5.74) is 2.25. The molecule has 6 nitrogen and oxygen atoms in total. The van der Waals surface area contributed by atoms with Crippen molar-refractivity contribution in [3.8, 4) is 5.75 Å². The van der Waals surface area contributed by atoms with E-state index in [0.29, 0.717) is 13.1 Å². The van der Waals surface area contributed by atoms with Crippen molar-refractivity contribution in [3.05, 3.63) is 95.6 Å². The van der Waals surface area contributed by atoms with Gasteiger partial charge in [0, 0.05) is 24.7 Å². The van der Waals surface area contributed by atoms with E-state index in [9.17, 15) is 13.2 Å². The van der Waals surface area contributed by atoms with E-state index in [-0.39, 0.29) is 28.2 Å². The van der Waals surface area contributed by atoms with Gasteiger partial charge in [-0.1, -0.05) is 60.7 Å². The molecular formula is C25H28N2O4S. The van der Waals surface area contributed by atoms with Gasteiger partial charge in [0.1, 0.15) is 10.6 Å². The minimum atomic E-state index is -3.85. The molecule has 3 aromatic rings. The van der Waals surface area contributed by atoms with E-state index >= 15 is 0 Å². The summed E-state index contributed by atoms with van der Waals surface area (Å²) in [6, 6.07) is 23.6. The van der Waals surface area contributed by atoms with Crippen LogP contribution in [0.2, 0.25) is 0 Å². The first-order valence-electron chi connectivity index (χ1n) is 10.4. The quantitative estimate of drug-likeness (QED) is 0.527. The molecule has 0 bridgehead atoms. The van der Waals surface area contributed by atoms with Gasteiger partial charge in [-0.25, -0.2) is 13.1 Å². The number of carbonyl (C=O) groups is 1. The normalized spacial score (nSPS) is 11.4. The lowest BCUT2D eigenvalue weighted by Gasteiger charge is -2.24. The molecule has 0 aliphatic rings. The monoisotopic (exact) mass is 452 g/mol. The fourth-order valence-corrected chi connectivity index (χ4v) is 4.83. The number of methoxy groups -OCH3 is 1. The Morgan fingerprint density at radius 1 is 0.906 bits per heavy atom. The summed E-state index contributed by atoms with van der Waals surface area (Å²) in [5.74, 6) is -0.0753. The van der Waals surface area contributed by atoms with Gasteiger partial charge in [0.2, 0.25) is 10.0 Å². The summed E-state index contributed by atoms with van der Waals surface area (Å²) in [4.78, 5) is 15.2. The number of ether oxygens (including phenoxy) is 1. The molecule has 0 saturated heterocycles. The van der Waals surface area contributed by atoms with Gasteiger partial charge in [-0.2, -0.15) is 0 Å². The fraction of sp³-hybridized carbons (Fsp3) is 0.240. The maximum Gasteiger partial charge on any atom is 0.254 e. The zero-order valence-electron chi connectivity index (χ0n) is 18.5. The van der Waals surface area contributed by atoms with E-state index in [0.717, 1.165) is 11.1 Å². The maximum absolute atomic E-state index is 13.5. The standard InChI is InChI=1S/C25H28N2O4S/c1-19(2)26-32(29,30)24-16-22(14-15-23(24)31-3)25(28)27(17-20-10-6-4-7-11-20)18-21-12-8-5-9-13-21/h4-16,19,26H,17-18H2,1-3H3. The molecule has 0 atom stereocenters. The smallest absolute Gasteiger partial charge is 0.254 e. The summed E-state index contributed by atoms with van der Waals surface area (Å²) in [6.07, 6.45) is 0. The molecule has 168 valence electrons. The van der Waals surface area contributed by atoms with Gasteiger partial charge in [-0.3, -0.25) is 4.79 Å². The summed E-state index contributed by atoms with van der Waals surface area (Å²) >= 11 is 0. The first-order chi connectivity index (χ1) is 15.3. The van der Waals surface area contributed by atoms with Crippen LogP contribution in [0.25, 0.3) is 0 Å². The van der Waals surface area contributed by atoms with Gasteiger partial charge in [0.25, 0.3) is 5.91 Å². The van der Waals surface area contributed by atoms with Crippen LogP contribution in [-0.4, -0.2) is 32.4 Å². The average Bonchev–Trinajstić information content (AvgIpc) is 2.78. The maximum atomic E-state index is 13.5. The zero-order valence-corrected chi connectivity index (χ0v) is 19.3. The number of sulfonamides is 1. The number of carbonyl (C=O) groups excluding carboxylic acids is 1. The second-order valence-corrected chi connectivity index (χ2v) is 9.46. The fourth-order valence-electron chi connectivity index (χ4n) is 3.38. The second kappa shape index (κ2) is 10.4. The van der Waals surface area contributed by atoms with Crippen molar-refractivity contribution in [1.82, 2.24) is 9.62 Å². The van der Waals surface area contributed by atoms with Crippen molar-refractivity contribution in [2.45, 2.75) is 37.9 Å². The second-order valence-electron chi connectivity index (χ2n) is 7.77. The topological polar surface area (TPSA) is 75.7 Å². The number of nitrogens with zero attached hydrogens (tertiary/aromatic N) is 1. The van der Waals surface area contributed by atoms with E-state index in [4.69, 9.17) is 4.74 Å². The molecule has 3 rings (SSSR count). The van der Waals surface area contributed by atoms with Gasteiger partial charge in [-0.15, -0.1) is 0 Å². The van der Waals surface area contributed by atoms with Crippen LogP contribution in [0.15, 0.2) is 83.8 Å². The Morgan fingerprint density at radius 3 is 1.91 bits per heavy atom. The third kappa shape index (κ3) is 5.96. The number of benzene rings is 3. The lowest BCUT2D eigenvalue weighted by atomic mass is 10.1. The highest BCUT2D eigenvalue weighted by atomic mass is 32.2. The number of rotatable bonds is 9. The SMILES string of the molecule is COc1ccc(C(=O)N(Cc2ccccc2)Cc2ccccc2)cc1S(=O)(=O)NC(C)C. The highest BCUT2D eigenvalue weighted by molar-refractivity contribution is 7.89. The van der Waals surface area contributed by atoms with Gasteiger partial charge < -0.3 is 9.64 Å². The molecule has 0 unspecified atom stereocenters. The Hall–Kier alpha value is -3.16. The lowest BCUT2D eigenvalue weighted by molar-refractivity contribution is 0.0729. The Balaban J connectivity index is 1.98. The highest BCUT2D eigenvalue weighted by Crippen LogP contribution is 2.26. The van der Waals surface area contributed by atoms with Gasteiger partial charge >= 0.3 is 0 Å². The minimum Gasteiger partial charge on any atom is -0.495 e. The van der Waals surface area contributed by atoms with Crippen LogP contribution < -0.4 is 9.46 Å². The van der Waals surface area contributed by atoms with Crippen LogP contribution in [0, 0.1) is 0 Å². The summed E-state index contributed by atoms with van der Waals surface area (Å²) in [7, 11) is -2.44. The van der Waals surface area contributed by atoms with Crippen LogP contribution >= 0.6 is 0 Å². The van der Waals surface area contributed by atoms with Crippen LogP contribution in [0.1, 0.15) is 35.3 Å². The Labute approximate surface area is 189 Å². The molecular weight excluding hydrogens is 424 g/mol. The molecule has 0 heterocycles. The average molecular weight is 453 g/mol. The van der Waals surface area contributed by atoms with E-state index in [1.54, 1.807) is 24.8 Å². The Bertz CT molecular complexity index is 1110. The third-order valence-corrected chi connectivity index (χ3v) is 6.49. The molecule has 0 fully saturated rings.